The van der Waals surface area contributed by atoms with Crippen molar-refractivity contribution in [3.63, 3.8) is 0 Å². The minimum absolute atomic E-state index is 0.00877. The van der Waals surface area contributed by atoms with Gasteiger partial charge in [0.05, 0.1) is 11.0 Å². The van der Waals surface area contributed by atoms with Crippen molar-refractivity contribution in [2.24, 2.45) is 5.92 Å². The Morgan fingerprint density at radius 3 is 2.57 bits per heavy atom. The number of aliphatic hydroxyl groups excluding tert-OH is 1. The topological polar surface area (TPSA) is 96.8 Å². The molecule has 0 saturated carbocycles. The lowest BCUT2D eigenvalue weighted by molar-refractivity contribution is -0.170. The Hall–Kier alpha value is -3.36. The average molecular weight is 506 g/mol. The van der Waals surface area contributed by atoms with E-state index in [9.17, 15) is 14.7 Å². The molecule has 3 aromatic rings. The molecule has 0 aliphatic carbocycles. The van der Waals surface area contributed by atoms with Gasteiger partial charge in [0.25, 0.3) is 5.91 Å². The highest BCUT2D eigenvalue weighted by molar-refractivity contribution is 5.92. The molecule has 0 bridgehead atoms. The van der Waals surface area contributed by atoms with Gasteiger partial charge < -0.3 is 24.5 Å². The normalized spacial score (nSPS) is 22.6. The largest absolute Gasteiger partial charge is 0.459 e. The molecule has 2 aromatic carbocycles. The van der Waals surface area contributed by atoms with Crippen LogP contribution in [0.2, 0.25) is 0 Å². The van der Waals surface area contributed by atoms with Crippen LogP contribution in [-0.2, 0) is 14.3 Å². The summed E-state index contributed by atoms with van der Waals surface area (Å²) < 4.78 is 14.0. The molecule has 1 fully saturated rings. The molecule has 1 aromatic heterocycles. The van der Waals surface area contributed by atoms with E-state index in [2.05, 4.69) is 17.1 Å². The molecular weight excluding hydrogens is 470 g/mol. The summed E-state index contributed by atoms with van der Waals surface area (Å²) in [4.78, 5) is 31.0. The number of aromatic amines is 1. The summed E-state index contributed by atoms with van der Waals surface area (Å²) in [6.07, 6.45) is 4.12. The van der Waals surface area contributed by atoms with Gasteiger partial charge in [0.1, 0.15) is 0 Å². The van der Waals surface area contributed by atoms with E-state index in [4.69, 9.17) is 9.47 Å². The number of piperidine rings is 1. The molecule has 0 radical (unpaired) electrons. The van der Waals surface area contributed by atoms with Crippen molar-refractivity contribution in [3.05, 3.63) is 82.5 Å². The fourth-order valence-electron chi connectivity index (χ4n) is 5.73. The van der Waals surface area contributed by atoms with Crippen LogP contribution in [0.5, 0.6) is 0 Å². The molecule has 2 aliphatic rings. The Labute approximate surface area is 216 Å². The maximum Gasteiger partial charge on any atom is 0.326 e. The Bertz CT molecular complexity index is 1290. The van der Waals surface area contributed by atoms with Crippen molar-refractivity contribution in [1.82, 2.24) is 14.5 Å². The van der Waals surface area contributed by atoms with E-state index in [1.807, 2.05) is 64.9 Å². The van der Waals surface area contributed by atoms with E-state index in [-0.39, 0.29) is 36.1 Å². The molecular formula is C29H35N3O5. The van der Waals surface area contributed by atoms with Crippen LogP contribution < -0.4 is 5.69 Å². The molecule has 8 nitrogen and oxygen atoms in total. The van der Waals surface area contributed by atoms with Crippen LogP contribution in [0, 0.1) is 5.92 Å². The lowest BCUT2D eigenvalue weighted by atomic mass is 9.80. The number of benzene rings is 2. The second kappa shape index (κ2) is 11.4. The number of H-pyrrole nitrogens is 1. The average Bonchev–Trinajstić information content (AvgIpc) is 3.28. The standard InChI is InChI=1S/C29H35N3O5/c1-2-36-28-22(11-8-18-33)23(20-9-4-3-5-10-20)19-26(37-28)27(34)31-16-14-21(15-17-31)32-25-13-7-6-12-24(25)30-29(32)35/h3-7,9-10,12-13,19,21-23,28,33H,2,8,11,14-18H2,1H3,(H,30,35)/t22-,23+,28+/m0/s1. The molecule has 0 unspecified atom stereocenters. The van der Waals surface area contributed by atoms with Crippen LogP contribution in [0.4, 0.5) is 0 Å². The number of ether oxygens (including phenoxy) is 2. The fourth-order valence-corrected chi connectivity index (χ4v) is 5.73. The minimum atomic E-state index is -0.562. The molecule has 3 heterocycles. The van der Waals surface area contributed by atoms with Crippen LogP contribution in [-0.4, -0.2) is 58.1 Å². The summed E-state index contributed by atoms with van der Waals surface area (Å²) in [5, 5.41) is 9.46. The number of allylic oxidation sites excluding steroid dienone is 1. The monoisotopic (exact) mass is 505 g/mol. The van der Waals surface area contributed by atoms with Crippen molar-refractivity contribution in [1.29, 1.82) is 0 Å². The number of amides is 1. The van der Waals surface area contributed by atoms with E-state index in [0.717, 1.165) is 23.0 Å². The second-order valence-electron chi connectivity index (χ2n) is 9.78. The first-order chi connectivity index (χ1) is 18.1. The number of carbonyl (C=O) groups is 1. The molecule has 2 N–H and O–H groups in total. The number of aliphatic hydroxyl groups is 1. The molecule has 5 rings (SSSR count). The van der Waals surface area contributed by atoms with Crippen molar-refractivity contribution >= 4 is 16.9 Å². The fraction of sp³-hybridized carbons (Fsp3) is 0.448. The minimum Gasteiger partial charge on any atom is -0.459 e. The van der Waals surface area contributed by atoms with E-state index in [1.54, 1.807) is 0 Å². The number of hydrogen-bond donors (Lipinski definition) is 2. The molecule has 0 spiro atoms. The third-order valence-electron chi connectivity index (χ3n) is 7.55. The van der Waals surface area contributed by atoms with Crippen molar-refractivity contribution in [2.75, 3.05) is 26.3 Å². The number of aromatic nitrogens is 2. The summed E-state index contributed by atoms with van der Waals surface area (Å²) >= 11 is 0. The number of hydrogen-bond acceptors (Lipinski definition) is 5. The number of likely N-dealkylation sites (tertiary alicyclic amines) is 1. The number of imidazole rings is 1. The van der Waals surface area contributed by atoms with E-state index in [0.29, 0.717) is 44.7 Å². The van der Waals surface area contributed by atoms with Crippen LogP contribution >= 0.6 is 0 Å². The Morgan fingerprint density at radius 1 is 1.11 bits per heavy atom. The smallest absolute Gasteiger partial charge is 0.326 e. The molecule has 2 aliphatic heterocycles. The molecule has 1 saturated heterocycles. The zero-order valence-corrected chi connectivity index (χ0v) is 21.2. The van der Waals surface area contributed by atoms with Gasteiger partial charge in [-0.05, 0) is 56.4 Å². The second-order valence-corrected chi connectivity index (χ2v) is 9.78. The first-order valence-electron chi connectivity index (χ1n) is 13.2. The molecule has 1 amide bonds. The lowest BCUT2D eigenvalue weighted by Crippen LogP contribution is -2.44. The molecule has 8 heteroatoms. The van der Waals surface area contributed by atoms with E-state index < -0.39 is 6.29 Å². The predicted molar refractivity (Wildman–Crippen MR) is 141 cm³/mol. The number of rotatable bonds is 8. The van der Waals surface area contributed by atoms with Crippen molar-refractivity contribution in [3.8, 4) is 0 Å². The number of carbonyl (C=O) groups excluding carboxylic acids is 1. The number of nitrogens with zero attached hydrogens (tertiary/aromatic N) is 2. The van der Waals surface area contributed by atoms with Gasteiger partial charge in [-0.1, -0.05) is 42.5 Å². The van der Waals surface area contributed by atoms with Gasteiger partial charge in [0, 0.05) is 44.2 Å². The maximum atomic E-state index is 13.6. The SMILES string of the molecule is CCO[C@@H]1OC(C(=O)N2CCC(n3c(=O)[nH]c4ccccc43)CC2)=C[C@H](c2ccccc2)[C@@H]1CCCO. The van der Waals surface area contributed by atoms with Gasteiger partial charge in [-0.15, -0.1) is 0 Å². The summed E-state index contributed by atoms with van der Waals surface area (Å²) in [6, 6.07) is 17.8. The van der Waals surface area contributed by atoms with E-state index >= 15 is 0 Å². The Morgan fingerprint density at radius 2 is 1.84 bits per heavy atom. The van der Waals surface area contributed by atoms with Crippen molar-refractivity contribution in [2.45, 2.75) is 50.9 Å². The van der Waals surface area contributed by atoms with Crippen LogP contribution in [0.1, 0.15) is 50.1 Å². The van der Waals surface area contributed by atoms with Crippen molar-refractivity contribution < 1.29 is 19.4 Å². The molecule has 3 atom stereocenters. The molecule has 37 heavy (non-hydrogen) atoms. The summed E-state index contributed by atoms with van der Waals surface area (Å²) in [7, 11) is 0. The number of fused-ring (bicyclic) bond motifs is 1. The zero-order valence-electron chi connectivity index (χ0n) is 21.2. The summed E-state index contributed by atoms with van der Waals surface area (Å²) in [6.45, 7) is 3.56. The van der Waals surface area contributed by atoms with Crippen LogP contribution in [0.3, 0.4) is 0 Å². The van der Waals surface area contributed by atoms with Gasteiger partial charge in [-0.2, -0.15) is 0 Å². The first kappa shape index (κ1) is 25.3. The van der Waals surface area contributed by atoms with Gasteiger partial charge in [0.2, 0.25) is 6.29 Å². The van der Waals surface area contributed by atoms with Gasteiger partial charge in [-0.3, -0.25) is 9.36 Å². The van der Waals surface area contributed by atoms with Gasteiger partial charge in [0.15, 0.2) is 5.76 Å². The quantitative estimate of drug-likeness (QED) is 0.483. The summed E-state index contributed by atoms with van der Waals surface area (Å²) in [5.74, 6) is 0.107. The van der Waals surface area contributed by atoms with E-state index in [1.165, 1.54) is 0 Å². The van der Waals surface area contributed by atoms with Crippen LogP contribution in [0.25, 0.3) is 11.0 Å². The van der Waals surface area contributed by atoms with Crippen LogP contribution in [0.15, 0.2) is 71.2 Å². The highest BCUT2D eigenvalue weighted by atomic mass is 16.7. The number of nitrogens with one attached hydrogen (secondary N) is 1. The predicted octanol–water partition coefficient (Wildman–Crippen LogP) is 3.94. The third-order valence-corrected chi connectivity index (χ3v) is 7.55. The third kappa shape index (κ3) is 5.22. The maximum absolute atomic E-state index is 13.6. The highest BCUT2D eigenvalue weighted by Gasteiger charge is 2.39. The zero-order chi connectivity index (χ0) is 25.8. The summed E-state index contributed by atoms with van der Waals surface area (Å²) in [5.41, 5.74) is 2.72. The van der Waals surface area contributed by atoms with Gasteiger partial charge in [-0.25, -0.2) is 4.79 Å². The number of para-hydroxylation sites is 2. The highest BCUT2D eigenvalue weighted by Crippen LogP contribution is 2.40. The Kier molecular flexibility index (Phi) is 7.76. The lowest BCUT2D eigenvalue weighted by Gasteiger charge is -2.39. The molecule has 196 valence electrons. The Balaban J connectivity index is 1.35. The first-order valence-corrected chi connectivity index (χ1v) is 13.2. The van der Waals surface area contributed by atoms with Gasteiger partial charge >= 0.3 is 5.69 Å².